The predicted octanol–water partition coefficient (Wildman–Crippen LogP) is -0.905. The molecule has 62 valence electrons. The van der Waals surface area contributed by atoms with Crippen LogP contribution in [0.15, 0.2) is 18.2 Å². The molecule has 1 aliphatic heterocycles. The number of hydrogen-bond donors (Lipinski definition) is 2. The summed E-state index contributed by atoms with van der Waals surface area (Å²) in [4.78, 5) is 0. The fourth-order valence-electron chi connectivity index (χ4n) is 0.960. The Kier molecular flexibility index (Phi) is 1.22. The molecular weight excluding hydrogens is 159 g/mol. The summed E-state index contributed by atoms with van der Waals surface area (Å²) in [6.07, 6.45) is 0. The summed E-state index contributed by atoms with van der Waals surface area (Å²) in [7, 11) is -1.60. The molecule has 0 aromatic heterocycles. The van der Waals surface area contributed by atoms with Gasteiger partial charge in [0.05, 0.1) is 0 Å². The highest BCUT2D eigenvalue weighted by molar-refractivity contribution is 6.58. The van der Waals surface area contributed by atoms with Gasteiger partial charge < -0.3 is 19.5 Å². The lowest BCUT2D eigenvalue weighted by Gasteiger charge is -1.99. The quantitative estimate of drug-likeness (QED) is 0.533. The Labute approximate surface area is 72.3 Å². The molecule has 0 bridgehead atoms. The molecule has 4 nitrogen and oxygen atoms in total. The maximum atomic E-state index is 8.85. The number of hydrogen-bond acceptors (Lipinski definition) is 4. The molecule has 0 saturated carbocycles. The van der Waals surface area contributed by atoms with Gasteiger partial charge in [0.2, 0.25) is 6.75 Å². The van der Waals surface area contributed by atoms with Crippen molar-refractivity contribution in [1.82, 2.24) is 0 Å². The molecule has 1 aromatic rings. The summed E-state index contributed by atoms with van der Waals surface area (Å²) < 4.78 is 23.8. The topological polar surface area (TPSA) is 58.9 Å². The van der Waals surface area contributed by atoms with Gasteiger partial charge in [-0.3, -0.25) is 0 Å². The fourth-order valence-corrected chi connectivity index (χ4v) is 0.960. The second kappa shape index (κ2) is 2.69. The third-order valence-corrected chi connectivity index (χ3v) is 1.57. The van der Waals surface area contributed by atoms with E-state index in [1.54, 1.807) is 0 Å². The minimum absolute atomic E-state index is 0.167. The van der Waals surface area contributed by atoms with Gasteiger partial charge >= 0.3 is 7.12 Å². The van der Waals surface area contributed by atoms with Crippen LogP contribution in [0, 0.1) is 0 Å². The molecule has 1 heterocycles. The average Bonchev–Trinajstić information content (AvgIpc) is 2.36. The van der Waals surface area contributed by atoms with Crippen LogP contribution in [0.4, 0.5) is 0 Å². The monoisotopic (exact) mass is 168 g/mol. The average molecular weight is 168 g/mol. The van der Waals surface area contributed by atoms with Gasteiger partial charge in [-0.05, 0) is 17.6 Å². The summed E-state index contributed by atoms with van der Waals surface area (Å²) in [6.45, 7) is -2.18. The van der Waals surface area contributed by atoms with Crippen LogP contribution >= 0.6 is 0 Å². The summed E-state index contributed by atoms with van der Waals surface area (Å²) in [5.41, 5.74) is 0.227. The van der Waals surface area contributed by atoms with Crippen LogP contribution < -0.4 is 14.9 Å². The van der Waals surface area contributed by atoms with Crippen LogP contribution in [0.25, 0.3) is 0 Å². The van der Waals surface area contributed by atoms with Crippen molar-refractivity contribution in [2.75, 3.05) is 6.75 Å². The van der Waals surface area contributed by atoms with Gasteiger partial charge in [-0.2, -0.15) is 0 Å². The van der Waals surface area contributed by atoms with Crippen molar-refractivity contribution in [2.45, 2.75) is 0 Å². The molecule has 2 N–H and O–H groups in total. The van der Waals surface area contributed by atoms with Gasteiger partial charge in [-0.15, -0.1) is 0 Å². The van der Waals surface area contributed by atoms with Gasteiger partial charge in [0.25, 0.3) is 0 Å². The van der Waals surface area contributed by atoms with Crippen molar-refractivity contribution in [3.8, 4) is 11.5 Å². The Morgan fingerprint density at radius 1 is 1.33 bits per heavy atom. The van der Waals surface area contributed by atoms with Crippen LogP contribution in [-0.4, -0.2) is 23.9 Å². The smallest absolute Gasteiger partial charge is 0.454 e. The molecule has 12 heavy (non-hydrogen) atoms. The fraction of sp³-hybridized carbons (Fsp3) is 0.143. The Morgan fingerprint density at radius 2 is 2.08 bits per heavy atom. The highest BCUT2D eigenvalue weighted by Gasteiger charge is 2.17. The van der Waals surface area contributed by atoms with Crippen molar-refractivity contribution < 1.29 is 22.3 Å². The predicted molar refractivity (Wildman–Crippen MR) is 42.4 cm³/mol. The van der Waals surface area contributed by atoms with Crippen molar-refractivity contribution in [1.29, 1.82) is 0 Å². The molecular formula is C7H7BO4. The highest BCUT2D eigenvalue weighted by Crippen LogP contribution is 2.29. The van der Waals surface area contributed by atoms with E-state index in [2.05, 4.69) is 0 Å². The number of rotatable bonds is 1. The normalized spacial score (nSPS) is 19.8. The van der Waals surface area contributed by atoms with Crippen LogP contribution in [0.5, 0.6) is 11.5 Å². The van der Waals surface area contributed by atoms with Gasteiger partial charge in [0.15, 0.2) is 11.5 Å². The van der Waals surface area contributed by atoms with E-state index >= 15 is 0 Å². The minimum Gasteiger partial charge on any atom is -0.454 e. The van der Waals surface area contributed by atoms with E-state index in [-0.39, 0.29) is 17.0 Å². The molecule has 1 aromatic carbocycles. The van der Waals surface area contributed by atoms with Crippen LogP contribution in [0.3, 0.4) is 0 Å². The highest BCUT2D eigenvalue weighted by atomic mass is 16.7. The summed E-state index contributed by atoms with van der Waals surface area (Å²) in [5.74, 6) is 0.417. The number of benzene rings is 1. The lowest BCUT2D eigenvalue weighted by molar-refractivity contribution is 0.174. The molecule has 0 aliphatic carbocycles. The van der Waals surface area contributed by atoms with Crippen LogP contribution in [0.2, 0.25) is 0 Å². The Balaban J connectivity index is 2.36. The molecule has 0 fully saturated rings. The molecule has 0 spiro atoms. The van der Waals surface area contributed by atoms with Crippen LogP contribution in [-0.2, 0) is 0 Å². The number of ether oxygens (including phenoxy) is 2. The van der Waals surface area contributed by atoms with Gasteiger partial charge in [-0.25, -0.2) is 0 Å². The van der Waals surface area contributed by atoms with Crippen molar-refractivity contribution in [3.05, 3.63) is 18.2 Å². The third-order valence-electron chi connectivity index (χ3n) is 1.57. The Morgan fingerprint density at radius 3 is 2.83 bits per heavy atom. The maximum absolute atomic E-state index is 8.85. The summed E-state index contributed by atoms with van der Waals surface area (Å²) in [6, 6.07) is 4.17. The van der Waals surface area contributed by atoms with Gasteiger partial charge in [0.1, 0.15) is 2.74 Å². The molecule has 0 radical (unpaired) electrons. The largest absolute Gasteiger partial charge is 0.488 e. The molecule has 1 aliphatic rings. The maximum Gasteiger partial charge on any atom is 0.488 e. The zero-order valence-electron chi connectivity index (χ0n) is 8.02. The number of fused-ring (bicyclic) bond motifs is 1. The molecule has 0 amide bonds. The Bertz CT molecular complexity index is 369. The first-order valence-electron chi connectivity index (χ1n) is 4.36. The van der Waals surface area contributed by atoms with Gasteiger partial charge in [0, 0.05) is 0 Å². The molecule has 0 atom stereocenters. The van der Waals surface area contributed by atoms with E-state index in [1.165, 1.54) is 18.2 Å². The standard InChI is InChI=1S/C7H7BO4/c9-8(10)5-1-2-6-7(3-5)12-4-11-6/h1-3,9-10H,4H2/i4D2. The lowest BCUT2D eigenvalue weighted by atomic mass is 9.80. The third kappa shape index (κ3) is 1.13. The van der Waals surface area contributed by atoms with Crippen LogP contribution in [0.1, 0.15) is 2.74 Å². The summed E-state index contributed by atoms with van der Waals surface area (Å²) in [5, 5.41) is 17.7. The minimum atomic E-state index is -2.18. The molecule has 0 saturated heterocycles. The lowest BCUT2D eigenvalue weighted by Crippen LogP contribution is -2.29. The van der Waals surface area contributed by atoms with E-state index in [1.807, 2.05) is 0 Å². The van der Waals surface area contributed by atoms with E-state index in [0.29, 0.717) is 0 Å². The second-order valence-corrected chi connectivity index (χ2v) is 2.37. The van der Waals surface area contributed by atoms with Gasteiger partial charge in [-0.1, -0.05) is 6.07 Å². The van der Waals surface area contributed by atoms with E-state index in [0.717, 1.165) is 0 Å². The first-order valence-corrected chi connectivity index (χ1v) is 3.36. The zero-order chi connectivity index (χ0) is 10.3. The van der Waals surface area contributed by atoms with Crippen molar-refractivity contribution in [3.63, 3.8) is 0 Å². The molecule has 5 heteroatoms. The van der Waals surface area contributed by atoms with Crippen molar-refractivity contribution >= 4 is 12.6 Å². The molecule has 2 rings (SSSR count). The van der Waals surface area contributed by atoms with E-state index in [4.69, 9.17) is 22.3 Å². The second-order valence-electron chi connectivity index (χ2n) is 2.37. The van der Waals surface area contributed by atoms with E-state index < -0.39 is 13.9 Å². The van der Waals surface area contributed by atoms with E-state index in [9.17, 15) is 0 Å². The van der Waals surface area contributed by atoms with Crippen molar-refractivity contribution in [2.24, 2.45) is 0 Å². The molecule has 0 unspecified atom stereocenters. The Hall–Kier alpha value is -1.20. The first kappa shape index (κ1) is 5.45. The first-order chi connectivity index (χ1) is 6.48. The zero-order valence-corrected chi connectivity index (χ0v) is 6.02. The summed E-state index contributed by atoms with van der Waals surface area (Å²) >= 11 is 0. The SMILES string of the molecule is [2H]C1([2H])Oc2ccc(B(O)O)cc2O1.